The molecule has 0 aliphatic heterocycles. The molecule has 1 aromatic heterocycles. The van der Waals surface area contributed by atoms with Crippen LogP contribution in [0.25, 0.3) is 0 Å². The van der Waals surface area contributed by atoms with Crippen molar-refractivity contribution in [3.63, 3.8) is 0 Å². The summed E-state index contributed by atoms with van der Waals surface area (Å²) in [6, 6.07) is -0.113. The second kappa shape index (κ2) is 5.21. The largest absolute Gasteiger partial charge is 0.383 e. The summed E-state index contributed by atoms with van der Waals surface area (Å²) < 4.78 is 4.90. The van der Waals surface area contributed by atoms with Gasteiger partial charge < -0.3 is 15.8 Å². The van der Waals surface area contributed by atoms with E-state index in [-0.39, 0.29) is 23.4 Å². The Hall–Kier alpha value is -1.96. The number of hydrogen-bond donors (Lipinski definition) is 2. The van der Waals surface area contributed by atoms with Crippen LogP contribution in [0.5, 0.6) is 0 Å². The van der Waals surface area contributed by atoms with E-state index in [1.54, 1.807) is 7.11 Å². The predicted octanol–water partition coefficient (Wildman–Crippen LogP) is 0.414. The number of rotatable bonds is 5. The van der Waals surface area contributed by atoms with Gasteiger partial charge in [0.25, 0.3) is 0 Å². The van der Waals surface area contributed by atoms with Crippen molar-refractivity contribution in [2.75, 3.05) is 24.8 Å². The van der Waals surface area contributed by atoms with Crippen molar-refractivity contribution < 1.29 is 9.66 Å². The van der Waals surface area contributed by atoms with Crippen molar-refractivity contribution in [1.29, 1.82) is 0 Å². The Labute approximate surface area is 92.0 Å². The lowest BCUT2D eigenvalue weighted by atomic mass is 10.3. The maximum absolute atomic E-state index is 10.8. The fourth-order valence-electron chi connectivity index (χ4n) is 1.20. The highest BCUT2D eigenvalue weighted by Crippen LogP contribution is 2.26. The lowest BCUT2D eigenvalue weighted by Crippen LogP contribution is -2.22. The van der Waals surface area contributed by atoms with Gasteiger partial charge in [-0.25, -0.2) is 9.97 Å². The van der Waals surface area contributed by atoms with E-state index in [4.69, 9.17) is 10.5 Å². The van der Waals surface area contributed by atoms with E-state index in [0.717, 1.165) is 0 Å². The first kappa shape index (κ1) is 12.1. The number of nitro groups is 1. The molecule has 1 aromatic rings. The summed E-state index contributed by atoms with van der Waals surface area (Å²) in [5, 5.41) is 13.6. The van der Waals surface area contributed by atoms with Gasteiger partial charge in [-0.1, -0.05) is 0 Å². The van der Waals surface area contributed by atoms with Gasteiger partial charge in [-0.05, 0) is 6.92 Å². The zero-order valence-electron chi connectivity index (χ0n) is 9.01. The van der Waals surface area contributed by atoms with Crippen LogP contribution < -0.4 is 11.1 Å². The Morgan fingerprint density at radius 1 is 1.69 bits per heavy atom. The van der Waals surface area contributed by atoms with E-state index >= 15 is 0 Å². The Bertz CT molecular complexity index is 384. The van der Waals surface area contributed by atoms with Gasteiger partial charge >= 0.3 is 5.69 Å². The van der Waals surface area contributed by atoms with Crippen LogP contribution in [0.15, 0.2) is 6.33 Å². The third kappa shape index (κ3) is 2.76. The first-order chi connectivity index (χ1) is 7.56. The number of nitrogens with zero attached hydrogens (tertiary/aromatic N) is 3. The van der Waals surface area contributed by atoms with Crippen molar-refractivity contribution in [3.8, 4) is 0 Å². The molecule has 16 heavy (non-hydrogen) atoms. The third-order valence-corrected chi connectivity index (χ3v) is 1.83. The topological polar surface area (TPSA) is 116 Å². The minimum absolute atomic E-state index is 0.0991. The molecule has 0 radical (unpaired) electrons. The fraction of sp³-hybridized carbons (Fsp3) is 0.500. The Morgan fingerprint density at radius 3 is 2.94 bits per heavy atom. The molecule has 0 fully saturated rings. The number of nitrogen functional groups attached to an aromatic ring is 1. The quantitative estimate of drug-likeness (QED) is 0.552. The lowest BCUT2D eigenvalue weighted by Gasteiger charge is -2.13. The summed E-state index contributed by atoms with van der Waals surface area (Å²) in [7, 11) is 1.54. The summed E-state index contributed by atoms with van der Waals surface area (Å²) in [5.74, 6) is -0.0610. The molecule has 1 rings (SSSR count). The molecule has 0 aliphatic carbocycles. The van der Waals surface area contributed by atoms with E-state index < -0.39 is 4.92 Å². The molecule has 8 nitrogen and oxygen atoms in total. The summed E-state index contributed by atoms with van der Waals surface area (Å²) in [6.07, 6.45) is 1.17. The van der Waals surface area contributed by atoms with E-state index in [1.165, 1.54) is 6.33 Å². The molecule has 0 saturated carbocycles. The third-order valence-electron chi connectivity index (χ3n) is 1.83. The highest BCUT2D eigenvalue weighted by molar-refractivity contribution is 5.67. The van der Waals surface area contributed by atoms with Crippen molar-refractivity contribution in [1.82, 2.24) is 9.97 Å². The molecule has 0 spiro atoms. The van der Waals surface area contributed by atoms with Gasteiger partial charge in [0.15, 0.2) is 0 Å². The lowest BCUT2D eigenvalue weighted by molar-refractivity contribution is -0.383. The van der Waals surface area contributed by atoms with E-state index in [1.807, 2.05) is 6.92 Å². The first-order valence-electron chi connectivity index (χ1n) is 4.56. The fourth-order valence-corrected chi connectivity index (χ4v) is 1.20. The van der Waals surface area contributed by atoms with Crippen molar-refractivity contribution in [2.24, 2.45) is 0 Å². The SMILES string of the molecule is COC[C@H](C)Nc1ncnc(N)c1[N+](=O)[O-]. The number of aromatic nitrogens is 2. The summed E-state index contributed by atoms with van der Waals surface area (Å²) in [4.78, 5) is 17.5. The van der Waals surface area contributed by atoms with Crippen molar-refractivity contribution >= 4 is 17.3 Å². The van der Waals surface area contributed by atoms with Crippen LogP contribution in [0.1, 0.15) is 6.92 Å². The molecule has 1 heterocycles. The van der Waals surface area contributed by atoms with Gasteiger partial charge in [-0.3, -0.25) is 10.1 Å². The molecular formula is C8H13N5O3. The molecule has 0 bridgehead atoms. The van der Waals surface area contributed by atoms with E-state index in [9.17, 15) is 10.1 Å². The molecule has 8 heteroatoms. The van der Waals surface area contributed by atoms with E-state index in [0.29, 0.717) is 6.61 Å². The zero-order chi connectivity index (χ0) is 12.1. The number of ether oxygens (including phenoxy) is 1. The smallest absolute Gasteiger partial charge is 0.352 e. The monoisotopic (exact) mass is 227 g/mol. The molecule has 0 unspecified atom stereocenters. The number of nitrogens with one attached hydrogen (secondary N) is 1. The van der Waals surface area contributed by atoms with Crippen LogP contribution in [-0.2, 0) is 4.74 Å². The predicted molar refractivity (Wildman–Crippen MR) is 58.1 cm³/mol. The standard InChI is InChI=1S/C8H13N5O3/c1-5(3-16-2)12-8-6(13(14)15)7(9)10-4-11-8/h4-5H,3H2,1-2H3,(H3,9,10,11,12)/t5-/m0/s1. The van der Waals surface area contributed by atoms with Gasteiger partial charge in [0.2, 0.25) is 11.6 Å². The molecule has 88 valence electrons. The number of methoxy groups -OCH3 is 1. The Balaban J connectivity index is 2.95. The molecule has 1 atom stereocenters. The zero-order valence-corrected chi connectivity index (χ0v) is 9.01. The van der Waals surface area contributed by atoms with Crippen LogP contribution in [0, 0.1) is 10.1 Å². The first-order valence-corrected chi connectivity index (χ1v) is 4.56. The second-order valence-electron chi connectivity index (χ2n) is 3.21. The Kier molecular flexibility index (Phi) is 3.95. The second-order valence-corrected chi connectivity index (χ2v) is 3.21. The average Bonchev–Trinajstić information content (AvgIpc) is 2.17. The Morgan fingerprint density at radius 2 is 2.38 bits per heavy atom. The highest BCUT2D eigenvalue weighted by Gasteiger charge is 2.21. The van der Waals surface area contributed by atoms with Gasteiger partial charge in [0.05, 0.1) is 11.5 Å². The molecule has 0 amide bonds. The van der Waals surface area contributed by atoms with Gasteiger partial charge in [0.1, 0.15) is 6.33 Å². The van der Waals surface area contributed by atoms with Crippen LogP contribution in [-0.4, -0.2) is 34.6 Å². The maximum Gasteiger partial charge on any atom is 0.352 e. The summed E-state index contributed by atoms with van der Waals surface area (Å²) in [6.45, 7) is 2.21. The van der Waals surface area contributed by atoms with Gasteiger partial charge in [-0.15, -0.1) is 0 Å². The minimum atomic E-state index is -0.614. The normalized spacial score (nSPS) is 12.1. The van der Waals surface area contributed by atoms with Crippen LogP contribution in [0.3, 0.4) is 0 Å². The number of nitrogens with two attached hydrogens (primary N) is 1. The minimum Gasteiger partial charge on any atom is -0.383 e. The average molecular weight is 227 g/mol. The van der Waals surface area contributed by atoms with Crippen molar-refractivity contribution in [3.05, 3.63) is 16.4 Å². The molecule has 0 aliphatic rings. The molecule has 0 aromatic carbocycles. The molecular weight excluding hydrogens is 214 g/mol. The van der Waals surface area contributed by atoms with Crippen LogP contribution >= 0.6 is 0 Å². The number of anilines is 2. The van der Waals surface area contributed by atoms with E-state index in [2.05, 4.69) is 15.3 Å². The highest BCUT2D eigenvalue weighted by atomic mass is 16.6. The molecule has 0 saturated heterocycles. The number of hydrogen-bond acceptors (Lipinski definition) is 7. The summed E-state index contributed by atoms with van der Waals surface area (Å²) >= 11 is 0. The maximum atomic E-state index is 10.8. The van der Waals surface area contributed by atoms with Gasteiger partial charge in [-0.2, -0.15) is 0 Å². The van der Waals surface area contributed by atoms with Crippen LogP contribution in [0.2, 0.25) is 0 Å². The van der Waals surface area contributed by atoms with Crippen LogP contribution in [0.4, 0.5) is 17.3 Å². The summed E-state index contributed by atoms with van der Waals surface area (Å²) in [5.41, 5.74) is 5.09. The van der Waals surface area contributed by atoms with Crippen molar-refractivity contribution in [2.45, 2.75) is 13.0 Å². The molecule has 3 N–H and O–H groups in total. The van der Waals surface area contributed by atoms with Gasteiger partial charge in [0, 0.05) is 13.2 Å².